The summed E-state index contributed by atoms with van der Waals surface area (Å²) in [6, 6.07) is 1.08. The van der Waals surface area contributed by atoms with E-state index < -0.39 is 9.28 Å². The Balaban J connectivity index is 3.92. The van der Waals surface area contributed by atoms with Gasteiger partial charge in [-0.15, -0.1) is 0 Å². The molecule has 0 aliphatic heterocycles. The molecule has 0 saturated carbocycles. The first-order valence-corrected chi connectivity index (χ1v) is 6.69. The first-order valence-electron chi connectivity index (χ1n) is 5.17. The first-order chi connectivity index (χ1) is 6.05. The highest BCUT2D eigenvalue weighted by molar-refractivity contribution is 6.44. The first kappa shape index (κ1) is 13.1. The molecule has 0 atom stereocenters. The lowest BCUT2D eigenvalue weighted by atomic mass is 9.93. The van der Waals surface area contributed by atoms with E-state index >= 15 is 0 Å². The highest BCUT2D eigenvalue weighted by Crippen LogP contribution is 2.27. The van der Waals surface area contributed by atoms with Crippen LogP contribution in [0.25, 0.3) is 0 Å². The second-order valence-electron chi connectivity index (χ2n) is 3.93. The van der Waals surface area contributed by atoms with Gasteiger partial charge in [-0.2, -0.15) is 0 Å². The fraction of sp³-hybridized carbons (Fsp3) is 1.00. The zero-order chi connectivity index (χ0) is 10.3. The van der Waals surface area contributed by atoms with Gasteiger partial charge in [0.25, 0.3) is 0 Å². The van der Waals surface area contributed by atoms with Gasteiger partial charge in [0.2, 0.25) is 0 Å². The molecule has 3 heteroatoms. The van der Waals surface area contributed by atoms with Crippen LogP contribution in [0.15, 0.2) is 0 Å². The molecule has 0 aliphatic rings. The summed E-state index contributed by atoms with van der Waals surface area (Å²) >= 11 is 0. The SMILES string of the molecule is CCO[Si](CC(C)(C)CC)OCC. The largest absolute Gasteiger partial charge is 0.394 e. The third-order valence-corrected chi connectivity index (χ3v) is 4.66. The average molecular weight is 203 g/mol. The summed E-state index contributed by atoms with van der Waals surface area (Å²) in [5.74, 6) is 0. The Morgan fingerprint density at radius 3 is 1.77 bits per heavy atom. The maximum Gasteiger partial charge on any atom is 0.385 e. The van der Waals surface area contributed by atoms with Crippen LogP contribution in [0.5, 0.6) is 0 Å². The molecule has 0 aromatic heterocycles. The minimum absolute atomic E-state index is 0.360. The van der Waals surface area contributed by atoms with Crippen molar-refractivity contribution in [1.82, 2.24) is 0 Å². The van der Waals surface area contributed by atoms with Crippen molar-refractivity contribution in [3.63, 3.8) is 0 Å². The summed E-state index contributed by atoms with van der Waals surface area (Å²) in [6.07, 6.45) is 1.18. The highest BCUT2D eigenvalue weighted by Gasteiger charge is 2.25. The average Bonchev–Trinajstić information content (AvgIpc) is 2.05. The van der Waals surface area contributed by atoms with Crippen LogP contribution in [0.3, 0.4) is 0 Å². The topological polar surface area (TPSA) is 18.5 Å². The van der Waals surface area contributed by atoms with Gasteiger partial charge in [0.15, 0.2) is 0 Å². The van der Waals surface area contributed by atoms with Crippen LogP contribution in [-0.2, 0) is 8.85 Å². The van der Waals surface area contributed by atoms with Gasteiger partial charge >= 0.3 is 9.28 Å². The Hall–Kier alpha value is 0.137. The van der Waals surface area contributed by atoms with Gasteiger partial charge in [0.1, 0.15) is 0 Å². The zero-order valence-corrected chi connectivity index (χ0v) is 10.6. The van der Waals surface area contributed by atoms with Crippen molar-refractivity contribution in [3.05, 3.63) is 0 Å². The van der Waals surface area contributed by atoms with Crippen molar-refractivity contribution in [2.24, 2.45) is 5.41 Å². The molecule has 0 spiro atoms. The van der Waals surface area contributed by atoms with E-state index in [2.05, 4.69) is 20.8 Å². The fourth-order valence-corrected chi connectivity index (χ4v) is 2.94. The molecule has 1 radical (unpaired) electrons. The van der Waals surface area contributed by atoms with E-state index in [1.807, 2.05) is 13.8 Å². The van der Waals surface area contributed by atoms with E-state index in [0.717, 1.165) is 19.3 Å². The Bertz CT molecular complexity index is 120. The molecule has 0 aromatic carbocycles. The van der Waals surface area contributed by atoms with E-state index in [1.165, 1.54) is 6.42 Å². The molecule has 13 heavy (non-hydrogen) atoms. The van der Waals surface area contributed by atoms with Gasteiger partial charge in [0.05, 0.1) is 0 Å². The second kappa shape index (κ2) is 6.57. The molecule has 0 aromatic rings. The molecule has 0 unspecified atom stereocenters. The molecule has 0 fully saturated rings. The Labute approximate surface area is 84.5 Å². The molecule has 0 rings (SSSR count). The van der Waals surface area contributed by atoms with Crippen LogP contribution >= 0.6 is 0 Å². The normalized spacial score (nSPS) is 12.5. The van der Waals surface area contributed by atoms with E-state index in [1.54, 1.807) is 0 Å². The third-order valence-electron chi connectivity index (χ3n) is 2.19. The lowest BCUT2D eigenvalue weighted by Gasteiger charge is -2.25. The number of rotatable bonds is 7. The molecule has 0 bridgehead atoms. The van der Waals surface area contributed by atoms with Gasteiger partial charge in [-0.3, -0.25) is 0 Å². The zero-order valence-electron chi connectivity index (χ0n) is 9.64. The maximum atomic E-state index is 5.60. The van der Waals surface area contributed by atoms with E-state index in [9.17, 15) is 0 Å². The monoisotopic (exact) mass is 203 g/mol. The Kier molecular flexibility index (Phi) is 6.64. The highest BCUT2D eigenvalue weighted by atomic mass is 28.3. The van der Waals surface area contributed by atoms with E-state index in [-0.39, 0.29) is 0 Å². The molecular weight excluding hydrogens is 180 g/mol. The molecule has 0 N–H and O–H groups in total. The number of hydrogen-bond acceptors (Lipinski definition) is 2. The summed E-state index contributed by atoms with van der Waals surface area (Å²) in [7, 11) is -1.02. The van der Waals surface area contributed by atoms with Gasteiger partial charge in [-0.1, -0.05) is 27.2 Å². The number of hydrogen-bond donors (Lipinski definition) is 0. The van der Waals surface area contributed by atoms with Crippen LogP contribution in [0.4, 0.5) is 0 Å². The Morgan fingerprint density at radius 2 is 1.46 bits per heavy atom. The molecule has 0 aliphatic carbocycles. The third kappa shape index (κ3) is 6.24. The van der Waals surface area contributed by atoms with E-state index in [4.69, 9.17) is 8.85 Å². The van der Waals surface area contributed by atoms with Crippen molar-refractivity contribution in [3.8, 4) is 0 Å². The smallest absolute Gasteiger partial charge is 0.385 e. The van der Waals surface area contributed by atoms with Gasteiger partial charge in [-0.05, 0) is 25.3 Å². The minimum Gasteiger partial charge on any atom is -0.394 e. The van der Waals surface area contributed by atoms with Crippen LogP contribution < -0.4 is 0 Å². The lowest BCUT2D eigenvalue weighted by molar-refractivity contribution is 0.198. The predicted molar refractivity (Wildman–Crippen MR) is 57.9 cm³/mol. The minimum atomic E-state index is -1.02. The lowest BCUT2D eigenvalue weighted by Crippen LogP contribution is -2.29. The van der Waals surface area contributed by atoms with Gasteiger partial charge < -0.3 is 8.85 Å². The summed E-state index contributed by atoms with van der Waals surface area (Å²) in [4.78, 5) is 0. The molecular formula is C10H23O2Si. The molecule has 0 heterocycles. The van der Waals surface area contributed by atoms with Crippen LogP contribution in [0.1, 0.15) is 41.0 Å². The Morgan fingerprint density at radius 1 is 1.00 bits per heavy atom. The fourth-order valence-electron chi connectivity index (χ4n) is 0.981. The van der Waals surface area contributed by atoms with Crippen LogP contribution in [0, 0.1) is 5.41 Å². The summed E-state index contributed by atoms with van der Waals surface area (Å²) in [5, 5.41) is 0. The molecule has 79 valence electrons. The summed E-state index contributed by atoms with van der Waals surface area (Å²) in [6.45, 7) is 12.4. The standard InChI is InChI=1S/C10H23O2Si/c1-6-10(4,5)9-13(11-7-2)12-8-3/h6-9H2,1-5H3. The second-order valence-corrected chi connectivity index (χ2v) is 5.61. The van der Waals surface area contributed by atoms with Gasteiger partial charge in [-0.25, -0.2) is 0 Å². The van der Waals surface area contributed by atoms with Crippen molar-refractivity contribution in [2.75, 3.05) is 13.2 Å². The maximum absolute atomic E-state index is 5.60. The van der Waals surface area contributed by atoms with Crippen molar-refractivity contribution in [2.45, 2.75) is 47.1 Å². The van der Waals surface area contributed by atoms with Crippen molar-refractivity contribution < 1.29 is 8.85 Å². The summed E-state index contributed by atoms with van der Waals surface area (Å²) in [5.41, 5.74) is 0.360. The van der Waals surface area contributed by atoms with E-state index in [0.29, 0.717) is 5.41 Å². The summed E-state index contributed by atoms with van der Waals surface area (Å²) < 4.78 is 11.2. The van der Waals surface area contributed by atoms with Crippen molar-refractivity contribution >= 4 is 9.28 Å². The van der Waals surface area contributed by atoms with Crippen LogP contribution in [0.2, 0.25) is 6.04 Å². The molecule has 2 nitrogen and oxygen atoms in total. The quantitative estimate of drug-likeness (QED) is 0.592. The van der Waals surface area contributed by atoms with Crippen LogP contribution in [-0.4, -0.2) is 22.5 Å². The molecule has 0 amide bonds. The van der Waals surface area contributed by atoms with Gasteiger partial charge in [0, 0.05) is 13.2 Å². The predicted octanol–water partition coefficient (Wildman–Crippen LogP) is 2.98. The van der Waals surface area contributed by atoms with Crippen molar-refractivity contribution in [1.29, 1.82) is 0 Å². The molecule has 0 saturated heterocycles.